The predicted octanol–water partition coefficient (Wildman–Crippen LogP) is -0.590. The highest BCUT2D eigenvalue weighted by molar-refractivity contribution is 6.20. The van der Waals surface area contributed by atoms with Crippen LogP contribution in [0, 0.1) is 17.8 Å². The first-order chi connectivity index (χ1) is 13.4. The number of aromatic hydroxyl groups is 1. The number of aliphatic hydroxyl groups is 4. The van der Waals surface area contributed by atoms with Gasteiger partial charge in [0.05, 0.1) is 17.1 Å². The van der Waals surface area contributed by atoms with Gasteiger partial charge in [-0.15, -0.1) is 0 Å². The molecule has 0 radical (unpaired) electrons. The van der Waals surface area contributed by atoms with Crippen molar-refractivity contribution >= 4 is 17.5 Å². The van der Waals surface area contributed by atoms with Crippen LogP contribution >= 0.6 is 0 Å². The Morgan fingerprint density at radius 1 is 1.21 bits per heavy atom. The molecule has 0 aromatic heterocycles. The van der Waals surface area contributed by atoms with Crippen LogP contribution < -0.4 is 5.73 Å². The summed E-state index contributed by atoms with van der Waals surface area (Å²) in [6.07, 6.45) is -2.43. The van der Waals surface area contributed by atoms with Gasteiger partial charge in [-0.05, 0) is 25.0 Å². The van der Waals surface area contributed by atoms with Gasteiger partial charge >= 0.3 is 0 Å². The number of amides is 1. The number of phenolic OH excluding ortho intramolecular Hbond substituents is 1. The molecule has 1 aromatic carbocycles. The van der Waals surface area contributed by atoms with E-state index in [-0.39, 0.29) is 23.3 Å². The first kappa shape index (κ1) is 19.6. The Balaban J connectivity index is 1.92. The lowest BCUT2D eigenvalue weighted by Gasteiger charge is -2.56. The molecule has 7 N–H and O–H groups in total. The quantitative estimate of drug-likeness (QED) is 0.337. The number of aliphatic hydroxyl groups excluding tert-OH is 2. The molecule has 9 nitrogen and oxygen atoms in total. The second-order valence-electron chi connectivity index (χ2n) is 8.26. The SMILES string of the molecule is C[C@@]1(O)c2cccc(O)c2C(=O)C2C(O)[C@]3(O)C(O)=C(C(N)=O)C(=O)CC3CC21. The van der Waals surface area contributed by atoms with Crippen LogP contribution in [-0.4, -0.2) is 54.7 Å². The maximum absolute atomic E-state index is 13.2. The van der Waals surface area contributed by atoms with Gasteiger partial charge in [0, 0.05) is 18.3 Å². The Labute approximate surface area is 165 Å². The van der Waals surface area contributed by atoms with E-state index in [1.165, 1.54) is 25.1 Å². The molecule has 0 saturated heterocycles. The van der Waals surface area contributed by atoms with Crippen molar-refractivity contribution in [3.63, 3.8) is 0 Å². The standard InChI is InChI=1S/C20H21NO8/c1-19(28)8-3-2-4-10(22)12(8)15(24)13-9(19)5-7-6-11(23)14(18(21)27)17(26)20(7,29)16(13)25/h2-4,7,9,13,16,22,25-26,28-29H,5-6H2,1H3,(H2,21,27)/t7?,9?,13?,16?,19-,20+/m1/s1. The van der Waals surface area contributed by atoms with E-state index < -0.39 is 70.3 Å². The summed E-state index contributed by atoms with van der Waals surface area (Å²) in [5, 5.41) is 54.2. The zero-order valence-electron chi connectivity index (χ0n) is 15.5. The molecule has 4 rings (SSSR count). The summed E-state index contributed by atoms with van der Waals surface area (Å²) in [6, 6.07) is 4.23. The maximum Gasteiger partial charge on any atom is 0.255 e. The van der Waals surface area contributed by atoms with Crippen molar-refractivity contribution in [2.45, 2.75) is 37.1 Å². The third-order valence-corrected chi connectivity index (χ3v) is 6.82. The Hall–Kier alpha value is -2.75. The Bertz CT molecular complexity index is 996. The number of ketones is 2. The van der Waals surface area contributed by atoms with Gasteiger partial charge in [0.1, 0.15) is 23.2 Å². The molecule has 9 heteroatoms. The molecule has 0 aliphatic heterocycles. The fourth-order valence-corrected chi connectivity index (χ4v) is 5.35. The molecule has 0 heterocycles. The average Bonchev–Trinajstić information content (AvgIpc) is 2.62. The number of fused-ring (bicyclic) bond motifs is 3. The first-order valence-electron chi connectivity index (χ1n) is 9.20. The molecule has 0 bridgehead atoms. The summed E-state index contributed by atoms with van der Waals surface area (Å²) in [4.78, 5) is 37.1. The smallest absolute Gasteiger partial charge is 0.255 e. The summed E-state index contributed by atoms with van der Waals surface area (Å²) < 4.78 is 0. The maximum atomic E-state index is 13.2. The number of hydrogen-bond acceptors (Lipinski definition) is 8. The lowest BCUT2D eigenvalue weighted by atomic mass is 9.51. The van der Waals surface area contributed by atoms with Crippen LogP contribution in [0.25, 0.3) is 0 Å². The number of carbonyl (C=O) groups is 3. The van der Waals surface area contributed by atoms with Crippen LogP contribution in [-0.2, 0) is 15.2 Å². The van der Waals surface area contributed by atoms with E-state index in [1.807, 2.05) is 0 Å². The average molecular weight is 403 g/mol. The van der Waals surface area contributed by atoms with Gasteiger partial charge in [-0.3, -0.25) is 14.4 Å². The van der Waals surface area contributed by atoms with Crippen LogP contribution in [0.1, 0.15) is 35.7 Å². The number of rotatable bonds is 1. The monoisotopic (exact) mass is 403 g/mol. The Kier molecular flexibility index (Phi) is 3.97. The predicted molar refractivity (Wildman–Crippen MR) is 96.5 cm³/mol. The second-order valence-corrected chi connectivity index (χ2v) is 8.26. The molecule has 0 spiro atoms. The van der Waals surface area contributed by atoms with Crippen LogP contribution in [0.4, 0.5) is 0 Å². The molecular formula is C20H21NO8. The van der Waals surface area contributed by atoms with Crippen LogP contribution in [0.15, 0.2) is 29.5 Å². The topological polar surface area (TPSA) is 178 Å². The fraction of sp³-hybridized carbons (Fsp3) is 0.450. The molecule has 6 atom stereocenters. The van der Waals surface area contributed by atoms with Gasteiger partial charge in [-0.25, -0.2) is 0 Å². The third kappa shape index (κ3) is 2.29. The molecule has 3 aliphatic carbocycles. The highest BCUT2D eigenvalue weighted by Gasteiger charge is 2.66. The zero-order chi connectivity index (χ0) is 21.5. The van der Waals surface area contributed by atoms with Gasteiger partial charge < -0.3 is 31.3 Å². The van der Waals surface area contributed by atoms with E-state index in [0.29, 0.717) is 0 Å². The number of hydrogen-bond donors (Lipinski definition) is 6. The van der Waals surface area contributed by atoms with Crippen molar-refractivity contribution in [3.05, 3.63) is 40.7 Å². The summed E-state index contributed by atoms with van der Waals surface area (Å²) >= 11 is 0. The first-order valence-corrected chi connectivity index (χ1v) is 9.20. The molecular weight excluding hydrogens is 382 g/mol. The summed E-state index contributed by atoms with van der Waals surface area (Å²) in [5.41, 5.74) is 0.218. The number of Topliss-reactive ketones (excluding diaryl/α,β-unsaturated/α-hetero) is 2. The summed E-state index contributed by atoms with van der Waals surface area (Å²) in [6.45, 7) is 1.43. The molecule has 1 amide bonds. The minimum atomic E-state index is -2.47. The normalized spacial score (nSPS) is 38.9. The largest absolute Gasteiger partial charge is 0.508 e. The van der Waals surface area contributed by atoms with Crippen LogP contribution in [0.3, 0.4) is 0 Å². The van der Waals surface area contributed by atoms with Crippen LogP contribution in [0.5, 0.6) is 5.75 Å². The minimum absolute atomic E-state index is 0.0894. The molecule has 1 saturated carbocycles. The molecule has 1 aromatic rings. The number of primary amides is 1. The van der Waals surface area contributed by atoms with E-state index in [0.717, 1.165) is 0 Å². The van der Waals surface area contributed by atoms with E-state index in [2.05, 4.69) is 0 Å². The van der Waals surface area contributed by atoms with Crippen molar-refractivity contribution in [3.8, 4) is 5.75 Å². The highest BCUT2D eigenvalue weighted by Crippen LogP contribution is 2.57. The Morgan fingerprint density at radius 3 is 2.48 bits per heavy atom. The van der Waals surface area contributed by atoms with E-state index in [1.54, 1.807) is 0 Å². The van der Waals surface area contributed by atoms with E-state index in [9.17, 15) is 39.9 Å². The van der Waals surface area contributed by atoms with Gasteiger partial charge in [-0.2, -0.15) is 0 Å². The van der Waals surface area contributed by atoms with E-state index >= 15 is 0 Å². The van der Waals surface area contributed by atoms with Crippen molar-refractivity contribution in [2.75, 3.05) is 0 Å². The van der Waals surface area contributed by atoms with Gasteiger partial charge in [-0.1, -0.05) is 12.1 Å². The number of nitrogens with two attached hydrogens (primary N) is 1. The Morgan fingerprint density at radius 2 is 1.86 bits per heavy atom. The number of phenols is 1. The van der Waals surface area contributed by atoms with Crippen molar-refractivity contribution in [2.24, 2.45) is 23.5 Å². The van der Waals surface area contributed by atoms with E-state index in [4.69, 9.17) is 5.73 Å². The molecule has 154 valence electrons. The minimum Gasteiger partial charge on any atom is -0.508 e. The lowest BCUT2D eigenvalue weighted by Crippen LogP contribution is -2.66. The lowest BCUT2D eigenvalue weighted by molar-refractivity contribution is -0.195. The molecule has 1 fully saturated rings. The van der Waals surface area contributed by atoms with Crippen molar-refractivity contribution < 1.29 is 39.9 Å². The third-order valence-electron chi connectivity index (χ3n) is 6.82. The van der Waals surface area contributed by atoms with Crippen LogP contribution in [0.2, 0.25) is 0 Å². The van der Waals surface area contributed by atoms with Gasteiger partial charge in [0.2, 0.25) is 0 Å². The molecule has 29 heavy (non-hydrogen) atoms. The molecule has 3 aliphatic rings. The number of benzene rings is 1. The van der Waals surface area contributed by atoms with Gasteiger partial charge in [0.15, 0.2) is 17.2 Å². The van der Waals surface area contributed by atoms with Crippen molar-refractivity contribution in [1.82, 2.24) is 0 Å². The van der Waals surface area contributed by atoms with Crippen molar-refractivity contribution in [1.29, 1.82) is 0 Å². The fourth-order valence-electron chi connectivity index (χ4n) is 5.35. The summed E-state index contributed by atoms with van der Waals surface area (Å²) in [7, 11) is 0. The molecule has 4 unspecified atom stereocenters. The van der Waals surface area contributed by atoms with Gasteiger partial charge in [0.25, 0.3) is 5.91 Å². The summed E-state index contributed by atoms with van der Waals surface area (Å²) in [5.74, 6) is -7.53. The highest BCUT2D eigenvalue weighted by atomic mass is 16.4. The second kappa shape index (κ2) is 5.88. The number of carbonyl (C=O) groups excluding carboxylic acids is 3. The zero-order valence-corrected chi connectivity index (χ0v) is 15.5.